The van der Waals surface area contributed by atoms with Gasteiger partial charge in [0.1, 0.15) is 0 Å². The third-order valence-electron chi connectivity index (χ3n) is 5.56. The molecule has 0 aliphatic carbocycles. The molecule has 3 N–H and O–H groups in total. The molecule has 1 aromatic carbocycles. The molecule has 4 heterocycles. The number of aromatic nitrogens is 1. The van der Waals surface area contributed by atoms with Gasteiger partial charge in [0, 0.05) is 69.0 Å². The zero-order chi connectivity index (χ0) is 17.8. The third-order valence-corrected chi connectivity index (χ3v) is 5.56. The Morgan fingerprint density at radius 2 is 2.04 bits per heavy atom. The first-order valence-corrected chi connectivity index (χ1v) is 9.87. The van der Waals surface area contributed by atoms with Crippen molar-refractivity contribution in [1.82, 2.24) is 25.4 Å². The summed E-state index contributed by atoms with van der Waals surface area (Å²) in [7, 11) is 0. The molecule has 3 aliphatic heterocycles. The molecule has 3 fully saturated rings. The lowest BCUT2D eigenvalue weighted by molar-refractivity contribution is 0.0174. The van der Waals surface area contributed by atoms with Crippen LogP contribution in [0, 0.1) is 0 Å². The Labute approximate surface area is 155 Å². The second-order valence-corrected chi connectivity index (χ2v) is 7.25. The van der Waals surface area contributed by atoms with Crippen LogP contribution in [0.2, 0.25) is 0 Å². The summed E-state index contributed by atoms with van der Waals surface area (Å²) in [5, 5.41) is 8.20. The van der Waals surface area contributed by atoms with E-state index in [1.807, 2.05) is 0 Å². The number of hydrogen-bond acceptors (Lipinski definition) is 3. The first kappa shape index (κ1) is 17.4. The summed E-state index contributed by atoms with van der Waals surface area (Å²) in [6, 6.07) is 9.05. The van der Waals surface area contributed by atoms with Crippen LogP contribution in [0.4, 0.5) is 0 Å². The van der Waals surface area contributed by atoms with Crippen LogP contribution in [0.5, 0.6) is 0 Å². The number of aromatic amines is 1. The number of guanidine groups is 1. The van der Waals surface area contributed by atoms with Crippen molar-refractivity contribution in [2.75, 3.05) is 52.4 Å². The van der Waals surface area contributed by atoms with Crippen LogP contribution in [0.15, 0.2) is 35.5 Å². The largest absolute Gasteiger partial charge is 0.361 e. The normalized spacial score (nSPS) is 25.6. The van der Waals surface area contributed by atoms with Crippen molar-refractivity contribution in [3.05, 3.63) is 36.0 Å². The first-order chi connectivity index (χ1) is 12.8. The lowest BCUT2D eigenvalue weighted by Crippen LogP contribution is -2.62. The molecule has 0 amide bonds. The summed E-state index contributed by atoms with van der Waals surface area (Å²) in [6.45, 7) is 10.8. The highest BCUT2D eigenvalue weighted by Gasteiger charge is 2.31. The Morgan fingerprint density at radius 1 is 1.19 bits per heavy atom. The smallest absolute Gasteiger partial charge is 0.191 e. The van der Waals surface area contributed by atoms with Gasteiger partial charge in [-0.1, -0.05) is 18.2 Å². The highest BCUT2D eigenvalue weighted by Crippen LogP contribution is 2.18. The number of fused-ring (bicyclic) bond motifs is 4. The molecule has 0 saturated carbocycles. The minimum atomic E-state index is 0.571. The number of hydrogen-bond donors (Lipinski definition) is 3. The number of nitrogens with zero attached hydrogens (tertiary/aromatic N) is 3. The standard InChI is InChI=1S/C20H30N6/c1-2-21-20(24-14-17-15-25-9-11-26(17)12-10-25)22-8-7-16-13-23-19-6-4-3-5-18(16)19/h3-6,13,17,23H,2,7-12,14-15H2,1H3,(H2,21,22,24). The molecule has 0 spiro atoms. The molecule has 26 heavy (non-hydrogen) atoms. The number of aliphatic imine (C=N–C) groups is 1. The van der Waals surface area contributed by atoms with Gasteiger partial charge < -0.3 is 15.6 Å². The maximum atomic E-state index is 4.86. The van der Waals surface area contributed by atoms with Crippen LogP contribution in [0.25, 0.3) is 10.9 Å². The Balaban J connectivity index is 1.32. The van der Waals surface area contributed by atoms with Crippen molar-refractivity contribution < 1.29 is 0 Å². The number of para-hydroxylation sites is 1. The van der Waals surface area contributed by atoms with Crippen molar-refractivity contribution in [1.29, 1.82) is 0 Å². The molecular formula is C20H30N6. The van der Waals surface area contributed by atoms with Crippen molar-refractivity contribution in [3.8, 4) is 0 Å². The van der Waals surface area contributed by atoms with Crippen molar-refractivity contribution in [2.45, 2.75) is 19.4 Å². The molecule has 140 valence electrons. The van der Waals surface area contributed by atoms with E-state index in [9.17, 15) is 0 Å². The second-order valence-electron chi connectivity index (χ2n) is 7.25. The number of nitrogens with one attached hydrogen (secondary N) is 3. The minimum Gasteiger partial charge on any atom is -0.361 e. The fourth-order valence-electron chi connectivity index (χ4n) is 4.09. The lowest BCUT2D eigenvalue weighted by atomic mass is 10.1. The van der Waals surface area contributed by atoms with Gasteiger partial charge in [-0.3, -0.25) is 14.8 Å². The van der Waals surface area contributed by atoms with E-state index in [2.05, 4.69) is 62.8 Å². The molecule has 2 aromatic rings. The van der Waals surface area contributed by atoms with Gasteiger partial charge in [-0.15, -0.1) is 0 Å². The van der Waals surface area contributed by atoms with Gasteiger partial charge in [0.05, 0.1) is 6.54 Å². The maximum Gasteiger partial charge on any atom is 0.191 e. The predicted octanol–water partition coefficient (Wildman–Crippen LogP) is 1.27. The highest BCUT2D eigenvalue weighted by molar-refractivity contribution is 5.83. The SMILES string of the molecule is CCNC(=NCC1CN2CCN1CC2)NCCc1c[nH]c2ccccc12. The topological polar surface area (TPSA) is 58.7 Å². The summed E-state index contributed by atoms with van der Waals surface area (Å²) < 4.78 is 0. The average Bonchev–Trinajstić information content (AvgIpc) is 3.10. The number of H-pyrrole nitrogens is 1. The van der Waals surface area contributed by atoms with Gasteiger partial charge in [-0.2, -0.15) is 0 Å². The van der Waals surface area contributed by atoms with Crippen LogP contribution >= 0.6 is 0 Å². The summed E-state index contributed by atoms with van der Waals surface area (Å²) in [4.78, 5) is 13.4. The molecule has 1 atom stereocenters. The summed E-state index contributed by atoms with van der Waals surface area (Å²) in [5.41, 5.74) is 2.56. The van der Waals surface area contributed by atoms with Crippen molar-refractivity contribution >= 4 is 16.9 Å². The maximum absolute atomic E-state index is 4.86. The van der Waals surface area contributed by atoms with Gasteiger partial charge in [-0.25, -0.2) is 0 Å². The van der Waals surface area contributed by atoms with Gasteiger partial charge in [-0.05, 0) is 25.0 Å². The zero-order valence-corrected chi connectivity index (χ0v) is 15.7. The molecule has 0 radical (unpaired) electrons. The zero-order valence-electron chi connectivity index (χ0n) is 15.7. The van der Waals surface area contributed by atoms with E-state index in [1.54, 1.807) is 0 Å². The predicted molar refractivity (Wildman–Crippen MR) is 108 cm³/mol. The fourth-order valence-corrected chi connectivity index (χ4v) is 4.09. The first-order valence-electron chi connectivity index (χ1n) is 9.87. The van der Waals surface area contributed by atoms with E-state index in [1.165, 1.54) is 42.6 Å². The van der Waals surface area contributed by atoms with Crippen LogP contribution in [-0.4, -0.2) is 79.1 Å². The van der Waals surface area contributed by atoms with E-state index in [-0.39, 0.29) is 0 Å². The van der Waals surface area contributed by atoms with Crippen LogP contribution in [-0.2, 0) is 6.42 Å². The monoisotopic (exact) mass is 354 g/mol. The van der Waals surface area contributed by atoms with Gasteiger partial charge >= 0.3 is 0 Å². The highest BCUT2D eigenvalue weighted by atomic mass is 15.3. The molecule has 1 unspecified atom stereocenters. The average molecular weight is 355 g/mol. The quantitative estimate of drug-likeness (QED) is 0.540. The summed E-state index contributed by atoms with van der Waals surface area (Å²) in [6.07, 6.45) is 3.11. The minimum absolute atomic E-state index is 0.571. The molecule has 3 aliphatic rings. The van der Waals surface area contributed by atoms with E-state index < -0.39 is 0 Å². The van der Waals surface area contributed by atoms with Crippen molar-refractivity contribution in [2.24, 2.45) is 4.99 Å². The second kappa shape index (κ2) is 8.10. The number of benzene rings is 1. The molecule has 3 saturated heterocycles. The Kier molecular flexibility index (Phi) is 5.41. The fraction of sp³-hybridized carbons (Fsp3) is 0.550. The molecule has 5 rings (SSSR count). The molecule has 1 aromatic heterocycles. The van der Waals surface area contributed by atoms with E-state index in [0.717, 1.165) is 38.6 Å². The van der Waals surface area contributed by atoms with Crippen LogP contribution in [0.1, 0.15) is 12.5 Å². The Bertz CT molecular complexity index is 744. The van der Waals surface area contributed by atoms with E-state index >= 15 is 0 Å². The molecule has 2 bridgehead atoms. The molecule has 6 heteroatoms. The third kappa shape index (κ3) is 3.86. The summed E-state index contributed by atoms with van der Waals surface area (Å²) >= 11 is 0. The van der Waals surface area contributed by atoms with Gasteiger partial charge in [0.25, 0.3) is 0 Å². The van der Waals surface area contributed by atoms with Crippen LogP contribution < -0.4 is 10.6 Å². The number of piperazine rings is 3. The lowest BCUT2D eigenvalue weighted by Gasteiger charge is -2.47. The van der Waals surface area contributed by atoms with Crippen molar-refractivity contribution in [3.63, 3.8) is 0 Å². The Morgan fingerprint density at radius 3 is 2.81 bits per heavy atom. The van der Waals surface area contributed by atoms with Crippen LogP contribution in [0.3, 0.4) is 0 Å². The van der Waals surface area contributed by atoms with Gasteiger partial charge in [0.2, 0.25) is 0 Å². The van der Waals surface area contributed by atoms with E-state index in [4.69, 9.17) is 4.99 Å². The van der Waals surface area contributed by atoms with E-state index in [0.29, 0.717) is 6.04 Å². The molecular weight excluding hydrogens is 324 g/mol. The summed E-state index contributed by atoms with van der Waals surface area (Å²) in [5.74, 6) is 0.935. The number of rotatable bonds is 6. The van der Waals surface area contributed by atoms with Gasteiger partial charge in [0.15, 0.2) is 5.96 Å². The Hall–Kier alpha value is -2.05. The molecule has 6 nitrogen and oxygen atoms in total.